The van der Waals surface area contributed by atoms with Crippen LogP contribution in [0.4, 0.5) is 0 Å². The summed E-state index contributed by atoms with van der Waals surface area (Å²) < 4.78 is 15.8. The Balaban J connectivity index is 1.66. The number of amides is 2. The molecule has 1 aliphatic heterocycles. The lowest BCUT2D eigenvalue weighted by molar-refractivity contribution is -0.133. The van der Waals surface area contributed by atoms with E-state index in [1.54, 1.807) is 19.2 Å². The van der Waals surface area contributed by atoms with E-state index >= 15 is 0 Å². The molecular weight excluding hydrogens is 336 g/mol. The number of ether oxygens (including phenoxy) is 3. The molecule has 0 unspecified atom stereocenters. The SMILES string of the molecule is CCOc1ccc(OCC(=O)NC2CCN(C(=O)CCOC)CC2)cc1. The number of benzene rings is 1. The molecule has 0 radical (unpaired) electrons. The molecule has 2 rings (SSSR count). The Kier molecular flexibility index (Phi) is 8.21. The molecule has 0 atom stereocenters. The van der Waals surface area contributed by atoms with Crippen LogP contribution in [0, 0.1) is 0 Å². The van der Waals surface area contributed by atoms with Gasteiger partial charge in [0.05, 0.1) is 19.6 Å². The molecule has 1 aliphatic rings. The van der Waals surface area contributed by atoms with Crippen molar-refractivity contribution in [3.05, 3.63) is 24.3 Å². The van der Waals surface area contributed by atoms with Gasteiger partial charge in [0.1, 0.15) is 11.5 Å². The van der Waals surface area contributed by atoms with Crippen molar-refractivity contribution in [1.82, 2.24) is 10.2 Å². The zero-order valence-corrected chi connectivity index (χ0v) is 15.5. The van der Waals surface area contributed by atoms with Gasteiger partial charge in [-0.15, -0.1) is 0 Å². The molecule has 144 valence electrons. The van der Waals surface area contributed by atoms with Crippen molar-refractivity contribution in [3.8, 4) is 11.5 Å². The van der Waals surface area contributed by atoms with Gasteiger partial charge in [0, 0.05) is 26.2 Å². The number of carbonyl (C=O) groups excluding carboxylic acids is 2. The summed E-state index contributed by atoms with van der Waals surface area (Å²) in [5, 5.41) is 2.97. The van der Waals surface area contributed by atoms with E-state index in [1.807, 2.05) is 24.0 Å². The zero-order valence-electron chi connectivity index (χ0n) is 15.5. The second-order valence-electron chi connectivity index (χ2n) is 6.16. The Morgan fingerprint density at radius 3 is 2.31 bits per heavy atom. The van der Waals surface area contributed by atoms with Gasteiger partial charge in [0.25, 0.3) is 5.91 Å². The quantitative estimate of drug-likeness (QED) is 0.720. The first-order chi connectivity index (χ1) is 12.6. The van der Waals surface area contributed by atoms with Crippen LogP contribution < -0.4 is 14.8 Å². The number of likely N-dealkylation sites (tertiary alicyclic amines) is 1. The Labute approximate surface area is 154 Å². The van der Waals surface area contributed by atoms with Crippen LogP contribution in [0.1, 0.15) is 26.2 Å². The van der Waals surface area contributed by atoms with Gasteiger partial charge in [-0.2, -0.15) is 0 Å². The molecule has 7 nitrogen and oxygen atoms in total. The maximum Gasteiger partial charge on any atom is 0.258 e. The van der Waals surface area contributed by atoms with Gasteiger partial charge in [-0.1, -0.05) is 0 Å². The number of hydrogen-bond donors (Lipinski definition) is 1. The summed E-state index contributed by atoms with van der Waals surface area (Å²) in [6.45, 7) is 4.27. The first kappa shape index (κ1) is 20.0. The van der Waals surface area contributed by atoms with Crippen molar-refractivity contribution in [2.75, 3.05) is 40.0 Å². The maximum absolute atomic E-state index is 12.1. The van der Waals surface area contributed by atoms with Crippen LogP contribution in [0.5, 0.6) is 11.5 Å². The van der Waals surface area contributed by atoms with Crippen LogP contribution in [-0.2, 0) is 14.3 Å². The van der Waals surface area contributed by atoms with Gasteiger partial charge < -0.3 is 24.4 Å². The minimum atomic E-state index is -0.150. The van der Waals surface area contributed by atoms with Crippen molar-refractivity contribution < 1.29 is 23.8 Å². The number of hydrogen-bond acceptors (Lipinski definition) is 5. The molecule has 1 heterocycles. The normalized spacial score (nSPS) is 14.8. The van der Waals surface area contributed by atoms with E-state index in [1.165, 1.54) is 0 Å². The lowest BCUT2D eigenvalue weighted by Gasteiger charge is -2.32. The molecule has 0 aromatic heterocycles. The predicted molar refractivity (Wildman–Crippen MR) is 97.3 cm³/mol. The van der Waals surface area contributed by atoms with E-state index in [2.05, 4.69) is 5.32 Å². The average Bonchev–Trinajstić information content (AvgIpc) is 2.66. The van der Waals surface area contributed by atoms with Crippen molar-refractivity contribution in [2.24, 2.45) is 0 Å². The van der Waals surface area contributed by atoms with E-state index in [-0.39, 0.29) is 24.5 Å². The highest BCUT2D eigenvalue weighted by Gasteiger charge is 2.23. The van der Waals surface area contributed by atoms with Gasteiger partial charge in [-0.3, -0.25) is 9.59 Å². The van der Waals surface area contributed by atoms with Crippen LogP contribution in [0.2, 0.25) is 0 Å². The third kappa shape index (κ3) is 6.55. The van der Waals surface area contributed by atoms with Gasteiger partial charge in [0.2, 0.25) is 5.91 Å². The summed E-state index contributed by atoms with van der Waals surface area (Å²) in [6, 6.07) is 7.27. The molecule has 2 amide bonds. The molecule has 1 aromatic rings. The summed E-state index contributed by atoms with van der Waals surface area (Å²) in [5.41, 5.74) is 0. The predicted octanol–water partition coefficient (Wildman–Crippen LogP) is 1.61. The summed E-state index contributed by atoms with van der Waals surface area (Å²) in [7, 11) is 1.59. The fraction of sp³-hybridized carbons (Fsp3) is 0.579. The Bertz CT molecular complexity index is 568. The first-order valence-electron chi connectivity index (χ1n) is 9.04. The monoisotopic (exact) mass is 364 g/mol. The summed E-state index contributed by atoms with van der Waals surface area (Å²) in [5.74, 6) is 1.36. The number of carbonyl (C=O) groups is 2. The van der Waals surface area contributed by atoms with Crippen LogP contribution >= 0.6 is 0 Å². The average molecular weight is 364 g/mol. The smallest absolute Gasteiger partial charge is 0.258 e. The van der Waals surface area contributed by atoms with Crippen molar-refractivity contribution in [1.29, 1.82) is 0 Å². The van der Waals surface area contributed by atoms with Crippen LogP contribution in [0.25, 0.3) is 0 Å². The van der Waals surface area contributed by atoms with Crippen molar-refractivity contribution >= 4 is 11.8 Å². The molecule has 0 aliphatic carbocycles. The molecule has 0 saturated carbocycles. The number of nitrogens with zero attached hydrogens (tertiary/aromatic N) is 1. The Morgan fingerprint density at radius 2 is 1.73 bits per heavy atom. The van der Waals surface area contributed by atoms with Crippen molar-refractivity contribution in [3.63, 3.8) is 0 Å². The number of methoxy groups -OCH3 is 1. The van der Waals surface area contributed by atoms with Crippen LogP contribution in [-0.4, -0.2) is 62.8 Å². The molecule has 0 spiro atoms. The van der Waals surface area contributed by atoms with Crippen LogP contribution in [0.3, 0.4) is 0 Å². The fourth-order valence-corrected chi connectivity index (χ4v) is 2.84. The summed E-state index contributed by atoms with van der Waals surface area (Å²) in [6.07, 6.45) is 1.92. The van der Waals surface area contributed by atoms with Crippen LogP contribution in [0.15, 0.2) is 24.3 Å². The first-order valence-corrected chi connectivity index (χ1v) is 9.04. The van der Waals surface area contributed by atoms with E-state index in [0.717, 1.165) is 18.6 Å². The highest BCUT2D eigenvalue weighted by molar-refractivity contribution is 5.78. The lowest BCUT2D eigenvalue weighted by Crippen LogP contribution is -2.47. The topological polar surface area (TPSA) is 77.1 Å². The third-order valence-electron chi connectivity index (χ3n) is 4.24. The molecule has 26 heavy (non-hydrogen) atoms. The molecule has 1 N–H and O–H groups in total. The fourth-order valence-electron chi connectivity index (χ4n) is 2.84. The lowest BCUT2D eigenvalue weighted by atomic mass is 10.0. The molecule has 1 saturated heterocycles. The number of rotatable bonds is 9. The highest BCUT2D eigenvalue weighted by Crippen LogP contribution is 2.17. The Morgan fingerprint density at radius 1 is 1.12 bits per heavy atom. The highest BCUT2D eigenvalue weighted by atomic mass is 16.5. The second kappa shape index (κ2) is 10.7. The zero-order chi connectivity index (χ0) is 18.8. The van der Waals surface area contributed by atoms with E-state index in [4.69, 9.17) is 14.2 Å². The number of piperidine rings is 1. The standard InChI is InChI=1S/C19H28N2O5/c1-3-25-16-4-6-17(7-5-16)26-14-18(22)20-15-8-11-21(12-9-15)19(23)10-13-24-2/h4-7,15H,3,8-14H2,1-2H3,(H,20,22). The molecule has 0 bridgehead atoms. The summed E-state index contributed by atoms with van der Waals surface area (Å²) >= 11 is 0. The minimum Gasteiger partial charge on any atom is -0.494 e. The van der Waals surface area contributed by atoms with E-state index in [9.17, 15) is 9.59 Å². The van der Waals surface area contributed by atoms with E-state index < -0.39 is 0 Å². The molecule has 1 aromatic carbocycles. The maximum atomic E-state index is 12.1. The number of nitrogens with one attached hydrogen (secondary N) is 1. The van der Waals surface area contributed by atoms with Gasteiger partial charge in [-0.05, 0) is 44.0 Å². The van der Waals surface area contributed by atoms with E-state index in [0.29, 0.717) is 38.5 Å². The minimum absolute atomic E-state index is 0.0268. The van der Waals surface area contributed by atoms with Gasteiger partial charge in [-0.25, -0.2) is 0 Å². The Hall–Kier alpha value is -2.28. The van der Waals surface area contributed by atoms with Crippen molar-refractivity contribution in [2.45, 2.75) is 32.2 Å². The molecule has 1 fully saturated rings. The van der Waals surface area contributed by atoms with Gasteiger partial charge >= 0.3 is 0 Å². The second-order valence-corrected chi connectivity index (χ2v) is 6.16. The third-order valence-corrected chi connectivity index (χ3v) is 4.24. The summed E-state index contributed by atoms with van der Waals surface area (Å²) in [4.78, 5) is 25.8. The van der Waals surface area contributed by atoms with Gasteiger partial charge in [0.15, 0.2) is 6.61 Å². The molecule has 7 heteroatoms. The largest absolute Gasteiger partial charge is 0.494 e. The molecular formula is C19H28N2O5.